The van der Waals surface area contributed by atoms with Gasteiger partial charge in [0.05, 0.1) is 17.1 Å². The maximum atomic E-state index is 12.4. The van der Waals surface area contributed by atoms with E-state index in [-0.39, 0.29) is 5.91 Å². The molecule has 3 heterocycles. The molecule has 0 unspecified atom stereocenters. The highest BCUT2D eigenvalue weighted by atomic mass is 32.1. The van der Waals surface area contributed by atoms with Gasteiger partial charge < -0.3 is 4.90 Å². The van der Waals surface area contributed by atoms with Gasteiger partial charge in [-0.2, -0.15) is 5.10 Å². The lowest BCUT2D eigenvalue weighted by Crippen LogP contribution is -2.41. The number of aromatic nitrogens is 2. The summed E-state index contributed by atoms with van der Waals surface area (Å²) in [6, 6.07) is 12.3. The van der Waals surface area contributed by atoms with Crippen molar-refractivity contribution in [1.82, 2.24) is 14.7 Å². The summed E-state index contributed by atoms with van der Waals surface area (Å²) in [6.45, 7) is 4.53. The summed E-state index contributed by atoms with van der Waals surface area (Å²) in [5.74, 6) is 0.165. The van der Waals surface area contributed by atoms with Gasteiger partial charge >= 0.3 is 0 Å². The third-order valence-electron chi connectivity index (χ3n) is 4.14. The highest BCUT2D eigenvalue weighted by Crippen LogP contribution is 2.30. The largest absolute Gasteiger partial charge is 0.338 e. The predicted molar refractivity (Wildman–Crippen MR) is 88.4 cm³/mol. The molecule has 0 atom stereocenters. The lowest BCUT2D eigenvalue weighted by Gasteiger charge is -2.30. The molecule has 1 aliphatic rings. The smallest absolute Gasteiger partial charge is 0.264 e. The average Bonchev–Trinajstić information content (AvgIpc) is 3.01. The second kappa shape index (κ2) is 5.25. The van der Waals surface area contributed by atoms with Crippen LogP contribution in [0, 0.1) is 6.92 Å². The van der Waals surface area contributed by atoms with Crippen molar-refractivity contribution in [3.8, 4) is 0 Å². The van der Waals surface area contributed by atoms with Crippen LogP contribution in [0.5, 0.6) is 0 Å². The van der Waals surface area contributed by atoms with Crippen molar-refractivity contribution in [3.63, 3.8) is 0 Å². The molecule has 112 valence electrons. The number of benzene rings is 1. The number of thiophene rings is 1. The number of hydrogen-bond acceptors (Lipinski definition) is 3. The monoisotopic (exact) mass is 311 g/mol. The Morgan fingerprint density at radius 1 is 1.27 bits per heavy atom. The van der Waals surface area contributed by atoms with Gasteiger partial charge in [0, 0.05) is 18.5 Å². The maximum absolute atomic E-state index is 12.4. The van der Waals surface area contributed by atoms with Crippen molar-refractivity contribution in [2.45, 2.75) is 19.9 Å². The Kier molecular flexibility index (Phi) is 3.22. The van der Waals surface area contributed by atoms with Crippen LogP contribution in [0.3, 0.4) is 0 Å². The van der Waals surface area contributed by atoms with Crippen LogP contribution in [0.2, 0.25) is 0 Å². The molecule has 1 aliphatic heterocycles. The Hall–Kier alpha value is -2.14. The predicted octanol–water partition coefficient (Wildman–Crippen LogP) is 3.30. The standard InChI is InChI=1S/C17H17N3OS/c1-12-14-10-15(16(21)19-8-5-9-19)22-17(14)20(18-12)11-13-6-3-2-4-7-13/h2-4,6-7,10H,5,8-9,11H2,1H3. The molecule has 1 amide bonds. The van der Waals surface area contributed by atoms with Crippen molar-refractivity contribution >= 4 is 27.5 Å². The molecule has 0 aliphatic carbocycles. The minimum absolute atomic E-state index is 0.165. The van der Waals surface area contributed by atoms with Gasteiger partial charge in [0.15, 0.2) is 0 Å². The van der Waals surface area contributed by atoms with Gasteiger partial charge in [0.2, 0.25) is 0 Å². The van der Waals surface area contributed by atoms with Crippen molar-refractivity contribution in [2.24, 2.45) is 0 Å². The van der Waals surface area contributed by atoms with Gasteiger partial charge in [-0.05, 0) is 25.0 Å². The fourth-order valence-corrected chi connectivity index (χ4v) is 3.89. The van der Waals surface area contributed by atoms with Gasteiger partial charge in [-0.1, -0.05) is 30.3 Å². The number of likely N-dealkylation sites (tertiary alicyclic amines) is 1. The molecular weight excluding hydrogens is 294 g/mol. The van der Waals surface area contributed by atoms with Crippen LogP contribution in [-0.2, 0) is 6.54 Å². The van der Waals surface area contributed by atoms with E-state index in [0.29, 0.717) is 0 Å². The second-order valence-corrected chi connectivity index (χ2v) is 6.73. The molecule has 0 bridgehead atoms. The van der Waals surface area contributed by atoms with E-state index in [4.69, 9.17) is 0 Å². The van der Waals surface area contributed by atoms with Crippen molar-refractivity contribution in [3.05, 3.63) is 52.5 Å². The highest BCUT2D eigenvalue weighted by Gasteiger charge is 2.24. The van der Waals surface area contributed by atoms with Gasteiger partial charge in [-0.3, -0.25) is 9.48 Å². The summed E-state index contributed by atoms with van der Waals surface area (Å²) in [5, 5.41) is 5.73. The first-order valence-corrected chi connectivity index (χ1v) is 8.34. The maximum Gasteiger partial charge on any atom is 0.264 e. The minimum atomic E-state index is 0.165. The quantitative estimate of drug-likeness (QED) is 0.744. The first kappa shape index (κ1) is 13.5. The number of hydrogen-bond donors (Lipinski definition) is 0. The van der Waals surface area contributed by atoms with Crippen molar-refractivity contribution in [2.75, 3.05) is 13.1 Å². The SMILES string of the molecule is Cc1nn(Cc2ccccc2)c2sc(C(=O)N3CCC3)cc12. The lowest BCUT2D eigenvalue weighted by molar-refractivity contribution is 0.0657. The first-order valence-electron chi connectivity index (χ1n) is 7.52. The van der Waals surface area contributed by atoms with E-state index in [1.165, 1.54) is 5.56 Å². The highest BCUT2D eigenvalue weighted by molar-refractivity contribution is 7.20. The van der Waals surface area contributed by atoms with E-state index < -0.39 is 0 Å². The molecule has 1 aromatic carbocycles. The Balaban J connectivity index is 1.70. The van der Waals surface area contributed by atoms with E-state index in [1.54, 1.807) is 11.3 Å². The van der Waals surface area contributed by atoms with Crippen LogP contribution in [0.25, 0.3) is 10.2 Å². The van der Waals surface area contributed by atoms with E-state index in [0.717, 1.165) is 46.8 Å². The normalized spacial score (nSPS) is 14.3. The third kappa shape index (κ3) is 2.22. The Labute approximate surface area is 133 Å². The molecule has 5 heteroatoms. The molecule has 22 heavy (non-hydrogen) atoms. The summed E-state index contributed by atoms with van der Waals surface area (Å²) in [4.78, 5) is 16.2. The molecule has 0 N–H and O–H groups in total. The summed E-state index contributed by atoms with van der Waals surface area (Å²) in [6.07, 6.45) is 1.12. The summed E-state index contributed by atoms with van der Waals surface area (Å²) in [7, 11) is 0. The zero-order valence-corrected chi connectivity index (χ0v) is 13.3. The third-order valence-corrected chi connectivity index (χ3v) is 5.27. The van der Waals surface area contributed by atoms with Gasteiger partial charge in [0.25, 0.3) is 5.91 Å². The Bertz CT molecular complexity index is 830. The number of carbonyl (C=O) groups is 1. The second-order valence-electron chi connectivity index (χ2n) is 5.70. The van der Waals surface area contributed by atoms with Crippen LogP contribution < -0.4 is 0 Å². The zero-order chi connectivity index (χ0) is 15.1. The molecule has 0 radical (unpaired) electrons. The number of rotatable bonds is 3. The lowest BCUT2D eigenvalue weighted by atomic mass is 10.2. The molecule has 1 fully saturated rings. The van der Waals surface area contributed by atoms with Gasteiger partial charge in [-0.25, -0.2) is 0 Å². The number of fused-ring (bicyclic) bond motifs is 1. The van der Waals surface area contributed by atoms with Crippen molar-refractivity contribution in [1.29, 1.82) is 0 Å². The first-order chi connectivity index (χ1) is 10.7. The van der Waals surface area contributed by atoms with Crippen LogP contribution in [0.15, 0.2) is 36.4 Å². The molecule has 4 nitrogen and oxygen atoms in total. The number of nitrogens with zero attached hydrogens (tertiary/aromatic N) is 3. The Morgan fingerprint density at radius 2 is 2.05 bits per heavy atom. The molecule has 4 rings (SSSR count). The molecular formula is C17H17N3OS. The van der Waals surface area contributed by atoms with E-state index in [1.807, 2.05) is 40.8 Å². The number of aryl methyl sites for hydroxylation is 1. The summed E-state index contributed by atoms with van der Waals surface area (Å²) < 4.78 is 2.01. The molecule has 1 saturated heterocycles. The van der Waals surface area contributed by atoms with Crippen LogP contribution in [0.1, 0.15) is 27.3 Å². The topological polar surface area (TPSA) is 38.1 Å². The molecule has 0 saturated carbocycles. The van der Waals surface area contributed by atoms with Crippen LogP contribution in [-0.4, -0.2) is 33.7 Å². The van der Waals surface area contributed by atoms with Crippen LogP contribution in [0.4, 0.5) is 0 Å². The van der Waals surface area contributed by atoms with E-state index >= 15 is 0 Å². The van der Waals surface area contributed by atoms with Crippen molar-refractivity contribution < 1.29 is 4.79 Å². The minimum Gasteiger partial charge on any atom is -0.338 e. The van der Waals surface area contributed by atoms with Gasteiger partial charge in [-0.15, -0.1) is 11.3 Å². The van der Waals surface area contributed by atoms with E-state index in [2.05, 4.69) is 17.2 Å². The molecule has 2 aromatic heterocycles. The fraction of sp³-hybridized carbons (Fsp3) is 0.294. The van der Waals surface area contributed by atoms with Crippen LogP contribution >= 0.6 is 11.3 Å². The fourth-order valence-electron chi connectivity index (χ4n) is 2.76. The average molecular weight is 311 g/mol. The summed E-state index contributed by atoms with van der Waals surface area (Å²) in [5.41, 5.74) is 2.21. The zero-order valence-electron chi connectivity index (χ0n) is 12.5. The van der Waals surface area contributed by atoms with Gasteiger partial charge in [0.1, 0.15) is 4.83 Å². The molecule has 0 spiro atoms. The summed E-state index contributed by atoms with van der Waals surface area (Å²) >= 11 is 1.56. The van der Waals surface area contributed by atoms with E-state index in [9.17, 15) is 4.79 Å². The number of amides is 1. The number of carbonyl (C=O) groups excluding carboxylic acids is 1. The Morgan fingerprint density at radius 3 is 2.73 bits per heavy atom. The molecule has 3 aromatic rings.